The number of hydrogen-bond acceptors (Lipinski definition) is 6. The number of fused-ring (bicyclic) bond motifs is 2. The van der Waals surface area contributed by atoms with Crippen LogP contribution < -0.4 is 4.90 Å². The highest BCUT2D eigenvalue weighted by molar-refractivity contribution is 8.32. The summed E-state index contributed by atoms with van der Waals surface area (Å²) in [4.78, 5) is 21.1. The van der Waals surface area contributed by atoms with Crippen molar-refractivity contribution in [3.63, 3.8) is 0 Å². The van der Waals surface area contributed by atoms with E-state index in [-0.39, 0.29) is 0 Å². The molecule has 4 heterocycles. The van der Waals surface area contributed by atoms with E-state index in [1.165, 1.54) is 11.1 Å². The van der Waals surface area contributed by atoms with E-state index < -0.39 is 10.0 Å². The number of hydrogen-bond donors (Lipinski definition) is 0. The van der Waals surface area contributed by atoms with Crippen LogP contribution in [-0.4, -0.2) is 68.7 Å². The number of aryl methyl sites for hydroxylation is 1. The first-order valence-electron chi connectivity index (χ1n) is 12.6. The van der Waals surface area contributed by atoms with Gasteiger partial charge >= 0.3 is 0 Å². The van der Waals surface area contributed by atoms with Gasteiger partial charge in [-0.2, -0.15) is 0 Å². The van der Waals surface area contributed by atoms with E-state index in [1.54, 1.807) is 6.33 Å². The van der Waals surface area contributed by atoms with Gasteiger partial charge in [0, 0.05) is 36.0 Å². The van der Waals surface area contributed by atoms with Crippen molar-refractivity contribution in [1.29, 1.82) is 0 Å². The largest absolute Gasteiger partial charge is 0.360 e. The molecular formula is C29H36N6OS. The SMILES string of the molecule is C=CC1=C(C)CN(c2ncnc3ccc(-c4cnc5c(c4)nc(C)n5COCCS(C)(C)C)cc23)CC1. The molecule has 0 saturated carbocycles. The number of rotatable bonds is 8. The molecular weight excluding hydrogens is 480 g/mol. The van der Waals surface area contributed by atoms with E-state index in [2.05, 4.69) is 71.4 Å². The van der Waals surface area contributed by atoms with Crippen LogP contribution in [0, 0.1) is 6.92 Å². The molecule has 0 aliphatic carbocycles. The lowest BCUT2D eigenvalue weighted by Gasteiger charge is -2.30. The molecule has 0 atom stereocenters. The van der Waals surface area contributed by atoms with Gasteiger partial charge in [-0.15, -0.1) is 0 Å². The second-order valence-corrected chi connectivity index (χ2v) is 15.2. The van der Waals surface area contributed by atoms with Gasteiger partial charge in [0.25, 0.3) is 0 Å². The molecule has 0 amide bonds. The number of pyridine rings is 1. The molecule has 0 fully saturated rings. The maximum Gasteiger partial charge on any atom is 0.161 e. The summed E-state index contributed by atoms with van der Waals surface area (Å²) in [5, 5.41) is 1.05. The van der Waals surface area contributed by atoms with E-state index in [0.29, 0.717) is 6.73 Å². The molecule has 0 radical (unpaired) electrons. The first-order valence-corrected chi connectivity index (χ1v) is 15.6. The molecule has 0 saturated heterocycles. The summed E-state index contributed by atoms with van der Waals surface area (Å²) < 4.78 is 8.02. The zero-order valence-electron chi connectivity index (χ0n) is 22.5. The summed E-state index contributed by atoms with van der Waals surface area (Å²) >= 11 is 0. The second kappa shape index (κ2) is 10.3. The van der Waals surface area contributed by atoms with E-state index in [9.17, 15) is 0 Å². The summed E-state index contributed by atoms with van der Waals surface area (Å²) in [5.41, 5.74) is 7.44. The Bertz CT molecular complexity index is 1500. The van der Waals surface area contributed by atoms with Crippen molar-refractivity contribution in [3.05, 3.63) is 66.4 Å². The zero-order chi connectivity index (χ0) is 26.2. The van der Waals surface area contributed by atoms with Crippen molar-refractivity contribution >= 4 is 37.9 Å². The Morgan fingerprint density at radius 1 is 1.05 bits per heavy atom. The molecule has 3 aromatic heterocycles. The summed E-state index contributed by atoms with van der Waals surface area (Å²) in [5.74, 6) is 2.97. The van der Waals surface area contributed by atoms with Gasteiger partial charge in [0.05, 0.1) is 12.1 Å². The fourth-order valence-electron chi connectivity index (χ4n) is 4.77. The number of ether oxygens (including phenoxy) is 1. The Kier molecular flexibility index (Phi) is 7.05. The highest BCUT2D eigenvalue weighted by atomic mass is 32.3. The molecule has 4 aromatic rings. The predicted molar refractivity (Wildman–Crippen MR) is 157 cm³/mol. The molecule has 0 unspecified atom stereocenters. The standard InChI is InChI=1S/C29H36N6OS/c1-7-22-10-11-34(17-20(22)2)28-25-14-23(8-9-26(25)31-18-32-28)24-15-27-29(30-16-24)35(21(3)33-27)19-36-12-13-37(4,5)6/h7-9,14-16,18H,1,10-13,17,19H2,2-6H3. The van der Waals surface area contributed by atoms with Crippen molar-refractivity contribution in [2.75, 3.05) is 49.1 Å². The van der Waals surface area contributed by atoms with Crippen molar-refractivity contribution < 1.29 is 4.74 Å². The van der Waals surface area contributed by atoms with Gasteiger partial charge in [-0.25, -0.2) is 30.0 Å². The molecule has 194 valence electrons. The number of allylic oxidation sites excluding steroid dienone is 1. The van der Waals surface area contributed by atoms with Crippen molar-refractivity contribution in [2.24, 2.45) is 0 Å². The number of imidazole rings is 1. The van der Waals surface area contributed by atoms with Gasteiger partial charge in [-0.1, -0.05) is 24.3 Å². The third-order valence-corrected chi connectivity index (χ3v) is 8.35. The van der Waals surface area contributed by atoms with Gasteiger partial charge in [0.15, 0.2) is 5.65 Å². The van der Waals surface area contributed by atoms with E-state index in [4.69, 9.17) is 14.7 Å². The number of benzene rings is 1. The summed E-state index contributed by atoms with van der Waals surface area (Å²) in [6.45, 7) is 11.1. The Labute approximate surface area is 220 Å². The van der Waals surface area contributed by atoms with Gasteiger partial charge < -0.3 is 9.64 Å². The lowest BCUT2D eigenvalue weighted by molar-refractivity contribution is 0.0906. The average molecular weight is 517 g/mol. The number of aromatic nitrogens is 5. The van der Waals surface area contributed by atoms with Gasteiger partial charge in [-0.3, -0.25) is 4.57 Å². The van der Waals surface area contributed by atoms with Crippen LogP contribution in [0.3, 0.4) is 0 Å². The molecule has 1 aliphatic rings. The van der Waals surface area contributed by atoms with Crippen LogP contribution in [0.1, 0.15) is 19.2 Å². The van der Waals surface area contributed by atoms with Crippen LogP contribution >= 0.6 is 10.0 Å². The first kappa shape index (κ1) is 25.4. The molecule has 0 bridgehead atoms. The van der Waals surface area contributed by atoms with E-state index >= 15 is 0 Å². The number of nitrogens with zero attached hydrogens (tertiary/aromatic N) is 6. The topological polar surface area (TPSA) is 69.0 Å². The summed E-state index contributed by atoms with van der Waals surface area (Å²) in [6, 6.07) is 8.45. The normalized spacial score (nSPS) is 15.1. The first-order chi connectivity index (χ1) is 17.7. The van der Waals surface area contributed by atoms with Crippen molar-refractivity contribution in [2.45, 2.75) is 27.0 Å². The maximum atomic E-state index is 5.97. The van der Waals surface area contributed by atoms with Crippen molar-refractivity contribution in [1.82, 2.24) is 24.5 Å². The fraction of sp³-hybridized carbons (Fsp3) is 0.379. The molecule has 7 nitrogen and oxygen atoms in total. The van der Waals surface area contributed by atoms with Crippen LogP contribution in [0.5, 0.6) is 0 Å². The smallest absolute Gasteiger partial charge is 0.161 e. The van der Waals surface area contributed by atoms with Crippen molar-refractivity contribution in [3.8, 4) is 11.1 Å². The van der Waals surface area contributed by atoms with Crippen LogP contribution in [0.15, 0.2) is 60.6 Å². The summed E-state index contributed by atoms with van der Waals surface area (Å²) in [7, 11) is -0.570. The molecule has 5 rings (SSSR count). The Morgan fingerprint density at radius 3 is 2.65 bits per heavy atom. The minimum Gasteiger partial charge on any atom is -0.360 e. The van der Waals surface area contributed by atoms with Gasteiger partial charge in [0.2, 0.25) is 0 Å². The molecule has 0 N–H and O–H groups in total. The highest BCUT2D eigenvalue weighted by Gasteiger charge is 2.19. The van der Waals surface area contributed by atoms with Crippen LogP contribution in [0.4, 0.5) is 5.82 Å². The minimum absolute atomic E-state index is 0.470. The average Bonchev–Trinajstić information content (AvgIpc) is 3.19. The lowest BCUT2D eigenvalue weighted by atomic mass is 10.0. The summed E-state index contributed by atoms with van der Waals surface area (Å²) in [6.07, 6.45) is 13.5. The van der Waals surface area contributed by atoms with Gasteiger partial charge in [0.1, 0.15) is 30.2 Å². The molecule has 1 aromatic carbocycles. The molecule has 0 spiro atoms. The van der Waals surface area contributed by atoms with Crippen LogP contribution in [0.2, 0.25) is 0 Å². The fourth-order valence-corrected chi connectivity index (χ4v) is 5.39. The monoisotopic (exact) mass is 516 g/mol. The molecule has 8 heteroatoms. The second-order valence-electron chi connectivity index (χ2n) is 10.6. The Balaban J connectivity index is 1.44. The third kappa shape index (κ3) is 5.40. The van der Waals surface area contributed by atoms with Crippen LogP contribution in [0.25, 0.3) is 33.2 Å². The Hall–Kier alpha value is -3.23. The predicted octanol–water partition coefficient (Wildman–Crippen LogP) is 5.73. The lowest BCUT2D eigenvalue weighted by Crippen LogP contribution is -2.31. The highest BCUT2D eigenvalue weighted by Crippen LogP contribution is 2.34. The number of anilines is 1. The quantitative estimate of drug-likeness (QED) is 0.279. The molecule has 37 heavy (non-hydrogen) atoms. The van der Waals surface area contributed by atoms with Gasteiger partial charge in [-0.05, 0) is 68.4 Å². The third-order valence-electron chi connectivity index (χ3n) is 6.96. The van der Waals surface area contributed by atoms with E-state index in [0.717, 1.165) is 76.7 Å². The maximum absolute atomic E-state index is 5.97. The molecule has 1 aliphatic heterocycles. The minimum atomic E-state index is -0.570. The Morgan fingerprint density at radius 2 is 1.89 bits per heavy atom. The zero-order valence-corrected chi connectivity index (χ0v) is 23.3. The van der Waals surface area contributed by atoms with E-state index in [1.807, 2.05) is 23.8 Å². The van der Waals surface area contributed by atoms with Crippen LogP contribution in [-0.2, 0) is 11.5 Å².